The standard InChI is InChI=1S/C25H22F5NO5/c1-12-19(24(2,23(34)35)14-5-3-4-6-14)18-17(11-16(26)21(32)20(18)27)31(12)22(33)13-7-9-15(10-8-13)36-25(28,29)30/h7-11,14,32H,3-6H2,1-2H3,(H,34,35)/t24-/m1/s1. The summed E-state index contributed by atoms with van der Waals surface area (Å²) in [6.45, 7) is 2.81. The molecule has 4 rings (SSSR count). The maximum absolute atomic E-state index is 15.3. The van der Waals surface area contributed by atoms with Gasteiger partial charge >= 0.3 is 12.3 Å². The first-order valence-corrected chi connectivity index (χ1v) is 11.1. The molecule has 0 aliphatic heterocycles. The van der Waals surface area contributed by atoms with Gasteiger partial charge in [-0.2, -0.15) is 0 Å². The highest BCUT2D eigenvalue weighted by Crippen LogP contribution is 2.48. The van der Waals surface area contributed by atoms with Gasteiger partial charge < -0.3 is 14.9 Å². The van der Waals surface area contributed by atoms with Crippen LogP contribution in [0.3, 0.4) is 0 Å². The van der Waals surface area contributed by atoms with Gasteiger partial charge in [0.2, 0.25) is 0 Å². The number of halogens is 5. The summed E-state index contributed by atoms with van der Waals surface area (Å²) in [4.78, 5) is 26.1. The molecule has 0 bridgehead atoms. The lowest BCUT2D eigenvalue weighted by molar-refractivity contribution is -0.274. The summed E-state index contributed by atoms with van der Waals surface area (Å²) in [7, 11) is 0. The van der Waals surface area contributed by atoms with Crippen LogP contribution in [0.5, 0.6) is 11.5 Å². The fourth-order valence-electron chi connectivity index (χ4n) is 5.30. The minimum atomic E-state index is -4.94. The Labute approximate surface area is 201 Å². The molecule has 0 amide bonds. The molecule has 192 valence electrons. The number of benzene rings is 2. The van der Waals surface area contributed by atoms with Crippen molar-refractivity contribution in [1.29, 1.82) is 0 Å². The van der Waals surface area contributed by atoms with Gasteiger partial charge in [-0.1, -0.05) is 12.8 Å². The molecule has 1 aliphatic rings. The fraction of sp³-hybridized carbons (Fsp3) is 0.360. The molecule has 1 atom stereocenters. The Hall–Kier alpha value is -3.63. The lowest BCUT2D eigenvalue weighted by atomic mass is 9.69. The SMILES string of the molecule is Cc1c([C@](C)(C(=O)O)C2CCCC2)c2c(F)c(O)c(F)cc2n1C(=O)c1ccc(OC(F)(F)F)cc1. The number of aromatic nitrogens is 1. The molecule has 6 nitrogen and oxygen atoms in total. The van der Waals surface area contributed by atoms with E-state index >= 15 is 4.39 Å². The largest absolute Gasteiger partial charge is 0.573 e. The van der Waals surface area contributed by atoms with Crippen LogP contribution in [0, 0.1) is 24.5 Å². The second-order valence-electron chi connectivity index (χ2n) is 9.08. The highest BCUT2D eigenvalue weighted by atomic mass is 19.4. The Morgan fingerprint density at radius 2 is 1.67 bits per heavy atom. The smallest absolute Gasteiger partial charge is 0.503 e. The van der Waals surface area contributed by atoms with E-state index in [0.717, 1.165) is 47.7 Å². The number of ether oxygens (including phenoxy) is 1. The summed E-state index contributed by atoms with van der Waals surface area (Å²) in [6, 6.07) is 4.66. The van der Waals surface area contributed by atoms with Crippen LogP contribution in [0.15, 0.2) is 30.3 Å². The van der Waals surface area contributed by atoms with Crippen molar-refractivity contribution in [2.75, 3.05) is 0 Å². The van der Waals surface area contributed by atoms with Crippen LogP contribution < -0.4 is 4.74 Å². The summed E-state index contributed by atoms with van der Waals surface area (Å²) >= 11 is 0. The third-order valence-corrected chi connectivity index (χ3v) is 7.03. The lowest BCUT2D eigenvalue weighted by Crippen LogP contribution is -2.40. The van der Waals surface area contributed by atoms with Crippen molar-refractivity contribution in [3.05, 3.63) is 58.8 Å². The Balaban J connectivity index is 1.96. The van der Waals surface area contributed by atoms with Crippen LogP contribution in [0.1, 0.15) is 54.2 Å². The average molecular weight is 511 g/mol. The highest BCUT2D eigenvalue weighted by Gasteiger charge is 2.48. The molecule has 1 fully saturated rings. The second-order valence-corrected chi connectivity index (χ2v) is 9.08. The van der Waals surface area contributed by atoms with E-state index in [9.17, 15) is 37.4 Å². The number of carboxylic acids is 1. The summed E-state index contributed by atoms with van der Waals surface area (Å²) in [6.07, 6.45) is -2.33. The van der Waals surface area contributed by atoms with E-state index in [1.165, 1.54) is 13.8 Å². The van der Waals surface area contributed by atoms with Gasteiger partial charge in [-0.05, 0) is 56.9 Å². The van der Waals surface area contributed by atoms with Gasteiger partial charge in [-0.15, -0.1) is 13.2 Å². The zero-order valence-corrected chi connectivity index (χ0v) is 19.2. The van der Waals surface area contributed by atoms with E-state index in [0.29, 0.717) is 12.8 Å². The van der Waals surface area contributed by atoms with Crippen LogP contribution >= 0.6 is 0 Å². The number of rotatable bonds is 5. The molecule has 36 heavy (non-hydrogen) atoms. The maximum Gasteiger partial charge on any atom is 0.573 e. The third kappa shape index (κ3) is 4.06. The molecular formula is C25H22F5NO5. The van der Waals surface area contributed by atoms with Crippen molar-refractivity contribution < 1.29 is 46.5 Å². The van der Waals surface area contributed by atoms with E-state index in [2.05, 4.69) is 4.74 Å². The number of carboxylic acid groups (broad SMARTS) is 1. The molecule has 11 heteroatoms. The quantitative estimate of drug-likeness (QED) is 0.407. The predicted molar refractivity (Wildman–Crippen MR) is 118 cm³/mol. The molecule has 1 heterocycles. The van der Waals surface area contributed by atoms with Crippen molar-refractivity contribution in [3.8, 4) is 11.5 Å². The van der Waals surface area contributed by atoms with Crippen LogP contribution in [0.25, 0.3) is 10.9 Å². The van der Waals surface area contributed by atoms with Crippen molar-refractivity contribution in [3.63, 3.8) is 0 Å². The predicted octanol–water partition coefficient (Wildman–Crippen LogP) is 6.05. The van der Waals surface area contributed by atoms with Crippen molar-refractivity contribution in [2.45, 2.75) is 51.3 Å². The minimum Gasteiger partial charge on any atom is -0.503 e. The Kier molecular flexibility index (Phi) is 6.22. The molecule has 2 N–H and O–H groups in total. The Bertz CT molecular complexity index is 1360. The first-order chi connectivity index (χ1) is 16.8. The van der Waals surface area contributed by atoms with E-state index in [4.69, 9.17) is 0 Å². The van der Waals surface area contributed by atoms with Gasteiger partial charge in [-0.25, -0.2) is 8.78 Å². The first kappa shape index (κ1) is 25.5. The number of alkyl halides is 3. The maximum atomic E-state index is 15.3. The molecule has 0 unspecified atom stereocenters. The minimum absolute atomic E-state index is 0.0197. The summed E-state index contributed by atoms with van der Waals surface area (Å²) < 4.78 is 71.9. The van der Waals surface area contributed by atoms with E-state index in [-0.39, 0.29) is 22.3 Å². The van der Waals surface area contributed by atoms with Gasteiger partial charge in [0.15, 0.2) is 17.4 Å². The molecular weight excluding hydrogens is 489 g/mol. The second kappa shape index (κ2) is 8.79. The Morgan fingerprint density at radius 1 is 1.08 bits per heavy atom. The number of phenols is 1. The van der Waals surface area contributed by atoms with Crippen LogP contribution in [0.4, 0.5) is 22.0 Å². The van der Waals surface area contributed by atoms with E-state index in [1.807, 2.05) is 0 Å². The number of carbonyl (C=O) groups excluding carboxylic acids is 1. The summed E-state index contributed by atoms with van der Waals surface area (Å²) in [5.41, 5.74) is -2.15. The number of aliphatic carboxylic acids is 1. The van der Waals surface area contributed by atoms with Crippen molar-refractivity contribution in [1.82, 2.24) is 4.57 Å². The number of hydrogen-bond donors (Lipinski definition) is 2. The summed E-state index contributed by atoms with van der Waals surface area (Å²) in [5.74, 6) is -7.16. The molecule has 3 aromatic rings. The van der Waals surface area contributed by atoms with Gasteiger partial charge in [0.25, 0.3) is 5.91 Å². The molecule has 2 aromatic carbocycles. The van der Waals surface area contributed by atoms with Gasteiger partial charge in [0.05, 0.1) is 10.9 Å². The molecule has 1 saturated carbocycles. The molecule has 0 spiro atoms. The van der Waals surface area contributed by atoms with Gasteiger partial charge in [0, 0.05) is 28.3 Å². The highest BCUT2D eigenvalue weighted by molar-refractivity contribution is 6.06. The third-order valence-electron chi connectivity index (χ3n) is 7.03. The molecule has 1 aromatic heterocycles. The number of aromatic hydroxyl groups is 1. The molecule has 1 aliphatic carbocycles. The lowest BCUT2D eigenvalue weighted by Gasteiger charge is -2.32. The van der Waals surface area contributed by atoms with Crippen molar-refractivity contribution in [2.24, 2.45) is 5.92 Å². The number of carbonyl (C=O) groups is 2. The Morgan fingerprint density at radius 3 is 2.19 bits per heavy atom. The first-order valence-electron chi connectivity index (χ1n) is 11.1. The number of phenolic OH excluding ortho intramolecular Hbond substituents is 1. The van der Waals surface area contributed by atoms with Gasteiger partial charge in [0.1, 0.15) is 5.75 Å². The zero-order valence-electron chi connectivity index (χ0n) is 19.2. The normalized spacial score (nSPS) is 16.3. The number of fused-ring (bicyclic) bond motifs is 1. The zero-order chi connectivity index (χ0) is 26.6. The molecule has 0 saturated heterocycles. The molecule has 0 radical (unpaired) electrons. The van der Waals surface area contributed by atoms with Gasteiger partial charge in [-0.3, -0.25) is 14.2 Å². The topological polar surface area (TPSA) is 88.8 Å². The van der Waals surface area contributed by atoms with Crippen LogP contribution in [-0.2, 0) is 10.2 Å². The monoisotopic (exact) mass is 511 g/mol. The van der Waals surface area contributed by atoms with E-state index < -0.39 is 58.1 Å². The van der Waals surface area contributed by atoms with E-state index in [1.54, 1.807) is 0 Å². The van der Waals surface area contributed by atoms with Crippen LogP contribution in [-0.4, -0.2) is 33.0 Å². The fourth-order valence-corrected chi connectivity index (χ4v) is 5.30. The van der Waals surface area contributed by atoms with Crippen molar-refractivity contribution >= 4 is 22.8 Å². The number of hydrogen-bond acceptors (Lipinski definition) is 4. The van der Waals surface area contributed by atoms with Crippen LogP contribution in [0.2, 0.25) is 0 Å². The average Bonchev–Trinajstić information content (AvgIpc) is 3.43. The number of nitrogens with zero attached hydrogens (tertiary/aromatic N) is 1. The summed E-state index contributed by atoms with van der Waals surface area (Å²) in [5, 5.41) is 19.9.